The minimum atomic E-state index is -0.657. The van der Waals surface area contributed by atoms with Gasteiger partial charge in [-0.15, -0.1) is 0 Å². The Labute approximate surface area is 109 Å². The summed E-state index contributed by atoms with van der Waals surface area (Å²) in [6.07, 6.45) is 0. The SMILES string of the molecule is CCOC(=O)C(=NO)C1=CSC2=NNC(C)(C)N12. The number of rotatable bonds is 3. The quantitative estimate of drug-likeness (QED) is 0.343. The first kappa shape index (κ1) is 12.7. The molecule has 0 bridgehead atoms. The highest BCUT2D eigenvalue weighted by Crippen LogP contribution is 2.36. The van der Waals surface area contributed by atoms with Gasteiger partial charge in [-0.3, -0.25) is 10.3 Å². The van der Waals surface area contributed by atoms with Crippen LogP contribution in [0.2, 0.25) is 0 Å². The van der Waals surface area contributed by atoms with E-state index in [2.05, 4.69) is 15.7 Å². The highest BCUT2D eigenvalue weighted by molar-refractivity contribution is 8.16. The first-order chi connectivity index (χ1) is 8.51. The summed E-state index contributed by atoms with van der Waals surface area (Å²) in [6, 6.07) is 0. The van der Waals surface area contributed by atoms with Crippen molar-refractivity contribution in [1.29, 1.82) is 0 Å². The second-order valence-corrected chi connectivity index (χ2v) is 5.03. The Morgan fingerprint density at radius 2 is 2.44 bits per heavy atom. The number of hydrazone groups is 1. The zero-order chi connectivity index (χ0) is 13.3. The van der Waals surface area contributed by atoms with Gasteiger partial charge in [-0.1, -0.05) is 16.9 Å². The van der Waals surface area contributed by atoms with E-state index in [0.29, 0.717) is 10.9 Å². The van der Waals surface area contributed by atoms with E-state index >= 15 is 0 Å². The molecule has 0 amide bonds. The zero-order valence-corrected chi connectivity index (χ0v) is 11.1. The van der Waals surface area contributed by atoms with E-state index in [4.69, 9.17) is 9.94 Å². The Hall–Kier alpha value is -1.70. The molecule has 7 nitrogen and oxygen atoms in total. The summed E-state index contributed by atoms with van der Waals surface area (Å²) in [5.41, 5.74) is 2.82. The van der Waals surface area contributed by atoms with Gasteiger partial charge in [0.2, 0.25) is 5.71 Å². The molecule has 98 valence electrons. The molecule has 2 rings (SSSR count). The molecular formula is C10H14N4O3S. The summed E-state index contributed by atoms with van der Waals surface area (Å²) in [4.78, 5) is 13.5. The third kappa shape index (κ3) is 1.92. The van der Waals surface area contributed by atoms with Gasteiger partial charge in [0, 0.05) is 5.41 Å². The van der Waals surface area contributed by atoms with E-state index < -0.39 is 11.6 Å². The molecular weight excluding hydrogens is 256 g/mol. The van der Waals surface area contributed by atoms with Gasteiger partial charge in [-0.2, -0.15) is 5.10 Å². The first-order valence-electron chi connectivity index (χ1n) is 5.42. The van der Waals surface area contributed by atoms with Crippen LogP contribution < -0.4 is 5.43 Å². The van der Waals surface area contributed by atoms with Crippen molar-refractivity contribution < 1.29 is 14.7 Å². The van der Waals surface area contributed by atoms with Crippen molar-refractivity contribution in [3.05, 3.63) is 11.1 Å². The van der Waals surface area contributed by atoms with Crippen LogP contribution >= 0.6 is 11.8 Å². The number of nitrogens with zero attached hydrogens (tertiary/aromatic N) is 3. The van der Waals surface area contributed by atoms with Gasteiger partial charge in [-0.25, -0.2) is 4.79 Å². The smallest absolute Gasteiger partial charge is 0.362 e. The van der Waals surface area contributed by atoms with Crippen molar-refractivity contribution in [2.24, 2.45) is 10.3 Å². The fourth-order valence-corrected chi connectivity index (χ4v) is 2.69. The van der Waals surface area contributed by atoms with Gasteiger partial charge in [0.15, 0.2) is 5.17 Å². The fourth-order valence-electron chi connectivity index (χ4n) is 1.73. The van der Waals surface area contributed by atoms with Crippen LogP contribution in [0.1, 0.15) is 20.8 Å². The number of fused-ring (bicyclic) bond motifs is 1. The summed E-state index contributed by atoms with van der Waals surface area (Å²) in [5, 5.41) is 18.6. The van der Waals surface area contributed by atoms with Crippen molar-refractivity contribution in [3.8, 4) is 0 Å². The normalized spacial score (nSPS) is 21.1. The van der Waals surface area contributed by atoms with E-state index in [1.54, 1.807) is 17.2 Å². The van der Waals surface area contributed by atoms with Crippen LogP contribution in [0.3, 0.4) is 0 Å². The minimum absolute atomic E-state index is 0.119. The lowest BCUT2D eigenvalue weighted by atomic mass is 10.1. The average molecular weight is 270 g/mol. The van der Waals surface area contributed by atoms with Crippen molar-refractivity contribution >= 4 is 28.6 Å². The van der Waals surface area contributed by atoms with Gasteiger partial charge in [-0.05, 0) is 20.8 Å². The summed E-state index contributed by atoms with van der Waals surface area (Å²) in [5.74, 6) is -0.657. The largest absolute Gasteiger partial charge is 0.461 e. The highest BCUT2D eigenvalue weighted by atomic mass is 32.2. The monoisotopic (exact) mass is 270 g/mol. The van der Waals surface area contributed by atoms with Crippen LogP contribution in [0.25, 0.3) is 0 Å². The molecule has 0 aromatic carbocycles. The molecule has 0 saturated heterocycles. The predicted octanol–water partition coefficient (Wildman–Crippen LogP) is 0.880. The number of thioether (sulfide) groups is 1. The molecule has 2 heterocycles. The van der Waals surface area contributed by atoms with E-state index in [0.717, 1.165) is 0 Å². The second-order valence-electron chi connectivity index (χ2n) is 4.19. The second kappa shape index (κ2) is 4.52. The van der Waals surface area contributed by atoms with Crippen molar-refractivity contribution in [3.63, 3.8) is 0 Å². The number of hydrogen-bond acceptors (Lipinski definition) is 8. The topological polar surface area (TPSA) is 86.5 Å². The Morgan fingerprint density at radius 1 is 1.72 bits per heavy atom. The van der Waals surface area contributed by atoms with Crippen LogP contribution in [0.4, 0.5) is 0 Å². The van der Waals surface area contributed by atoms with Crippen LogP contribution in [0.5, 0.6) is 0 Å². The lowest BCUT2D eigenvalue weighted by Crippen LogP contribution is -2.48. The molecule has 0 aromatic rings. The number of hydrogen-bond donors (Lipinski definition) is 2. The molecule has 0 spiro atoms. The Bertz CT molecular complexity index is 470. The lowest BCUT2D eigenvalue weighted by Gasteiger charge is -2.31. The van der Waals surface area contributed by atoms with Crippen LogP contribution in [-0.4, -0.2) is 39.2 Å². The highest BCUT2D eigenvalue weighted by Gasteiger charge is 2.43. The molecule has 2 aliphatic heterocycles. The summed E-state index contributed by atoms with van der Waals surface area (Å²) in [7, 11) is 0. The minimum Gasteiger partial charge on any atom is -0.461 e. The van der Waals surface area contributed by atoms with Crippen LogP contribution in [0, 0.1) is 0 Å². The van der Waals surface area contributed by atoms with Gasteiger partial charge in [0.05, 0.1) is 12.3 Å². The summed E-state index contributed by atoms with van der Waals surface area (Å²) in [6.45, 7) is 5.73. The molecule has 0 aliphatic carbocycles. The van der Waals surface area contributed by atoms with Gasteiger partial charge < -0.3 is 9.94 Å². The van der Waals surface area contributed by atoms with Crippen LogP contribution in [-0.2, 0) is 9.53 Å². The Balaban J connectivity index is 2.29. The van der Waals surface area contributed by atoms with E-state index in [1.165, 1.54) is 11.8 Å². The maximum absolute atomic E-state index is 11.7. The molecule has 0 saturated carbocycles. The van der Waals surface area contributed by atoms with Crippen molar-refractivity contribution in [2.45, 2.75) is 26.4 Å². The molecule has 8 heteroatoms. The molecule has 0 unspecified atom stereocenters. The average Bonchev–Trinajstić information content (AvgIpc) is 2.84. The zero-order valence-electron chi connectivity index (χ0n) is 10.3. The maximum atomic E-state index is 11.7. The number of amidine groups is 1. The molecule has 0 radical (unpaired) electrons. The predicted molar refractivity (Wildman–Crippen MR) is 68.0 cm³/mol. The number of oxime groups is 1. The maximum Gasteiger partial charge on any atom is 0.362 e. The van der Waals surface area contributed by atoms with E-state index in [9.17, 15) is 4.79 Å². The number of esters is 1. The van der Waals surface area contributed by atoms with E-state index in [1.807, 2.05) is 13.8 Å². The molecule has 18 heavy (non-hydrogen) atoms. The Morgan fingerprint density at radius 3 is 3.06 bits per heavy atom. The van der Waals surface area contributed by atoms with Crippen molar-refractivity contribution in [2.75, 3.05) is 6.61 Å². The lowest BCUT2D eigenvalue weighted by molar-refractivity contribution is -0.135. The van der Waals surface area contributed by atoms with E-state index in [-0.39, 0.29) is 12.3 Å². The molecule has 0 atom stereocenters. The van der Waals surface area contributed by atoms with Gasteiger partial charge >= 0.3 is 5.97 Å². The van der Waals surface area contributed by atoms with Gasteiger partial charge in [0.25, 0.3) is 0 Å². The van der Waals surface area contributed by atoms with Gasteiger partial charge in [0.1, 0.15) is 5.66 Å². The third-order valence-electron chi connectivity index (χ3n) is 2.50. The third-order valence-corrected chi connectivity index (χ3v) is 3.33. The van der Waals surface area contributed by atoms with Crippen LogP contribution in [0.15, 0.2) is 21.4 Å². The summed E-state index contributed by atoms with van der Waals surface area (Å²) >= 11 is 1.35. The standard InChI is InChI=1S/C10H14N4O3S/c1-4-17-8(15)7(12-16)6-5-18-9-11-13-10(2,3)14(6)9/h5,13,16H,4H2,1-3H3. The Kier molecular flexibility index (Phi) is 3.20. The molecule has 2 aliphatic rings. The molecule has 2 N–H and O–H groups in total. The number of ether oxygens (including phenoxy) is 1. The summed E-state index contributed by atoms with van der Waals surface area (Å²) < 4.78 is 4.86. The van der Waals surface area contributed by atoms with Crippen molar-refractivity contribution in [1.82, 2.24) is 10.3 Å². The first-order valence-corrected chi connectivity index (χ1v) is 6.30. The number of carbonyl (C=O) groups is 1. The number of carbonyl (C=O) groups excluding carboxylic acids is 1. The number of nitrogens with one attached hydrogen (secondary N) is 1. The molecule has 0 aromatic heterocycles. The molecule has 0 fully saturated rings. The fraction of sp³-hybridized carbons (Fsp3) is 0.500.